The van der Waals surface area contributed by atoms with Gasteiger partial charge in [0.25, 0.3) is 5.91 Å². The zero-order chi connectivity index (χ0) is 15.4. The van der Waals surface area contributed by atoms with E-state index in [1.54, 1.807) is 12.1 Å². The van der Waals surface area contributed by atoms with Crippen molar-refractivity contribution >= 4 is 23.5 Å². The summed E-state index contributed by atoms with van der Waals surface area (Å²) >= 11 is 0. The number of hydrogen-bond donors (Lipinski definition) is 3. The Balaban J connectivity index is 2.32. The SMILES string of the molecule is O=C(O)CN(CC(=O)O)C(=O)c1cccc2c1OCCN2. The molecular formula is C13H14N2O6. The molecule has 8 heteroatoms. The Morgan fingerprint density at radius 3 is 2.48 bits per heavy atom. The Morgan fingerprint density at radius 2 is 1.86 bits per heavy atom. The van der Waals surface area contributed by atoms with Gasteiger partial charge in [-0.2, -0.15) is 0 Å². The van der Waals surface area contributed by atoms with E-state index in [0.717, 1.165) is 4.90 Å². The lowest BCUT2D eigenvalue weighted by Crippen LogP contribution is -2.39. The van der Waals surface area contributed by atoms with E-state index in [1.807, 2.05) is 0 Å². The smallest absolute Gasteiger partial charge is 0.323 e. The number of benzene rings is 1. The van der Waals surface area contributed by atoms with Crippen molar-refractivity contribution in [2.45, 2.75) is 0 Å². The summed E-state index contributed by atoms with van der Waals surface area (Å²) in [5.41, 5.74) is 0.764. The van der Waals surface area contributed by atoms with Crippen molar-refractivity contribution in [1.82, 2.24) is 4.90 Å². The van der Waals surface area contributed by atoms with Crippen LogP contribution in [0.25, 0.3) is 0 Å². The van der Waals surface area contributed by atoms with Crippen molar-refractivity contribution in [2.75, 3.05) is 31.6 Å². The zero-order valence-corrected chi connectivity index (χ0v) is 11.0. The average Bonchev–Trinajstić information content (AvgIpc) is 2.44. The summed E-state index contributed by atoms with van der Waals surface area (Å²) in [6.45, 7) is -0.418. The number of rotatable bonds is 5. The van der Waals surface area contributed by atoms with Crippen LogP contribution in [0.2, 0.25) is 0 Å². The van der Waals surface area contributed by atoms with E-state index in [2.05, 4.69) is 5.32 Å². The topological polar surface area (TPSA) is 116 Å². The molecule has 21 heavy (non-hydrogen) atoms. The molecule has 0 spiro atoms. The number of fused-ring (bicyclic) bond motifs is 1. The van der Waals surface area contributed by atoms with Crippen molar-refractivity contribution in [3.63, 3.8) is 0 Å². The quantitative estimate of drug-likeness (QED) is 0.705. The van der Waals surface area contributed by atoms with E-state index >= 15 is 0 Å². The molecule has 0 aromatic heterocycles. The number of amides is 1. The number of carboxylic acid groups (broad SMARTS) is 2. The molecule has 1 aromatic carbocycles. The number of anilines is 1. The fourth-order valence-corrected chi connectivity index (χ4v) is 2.04. The average molecular weight is 294 g/mol. The van der Waals surface area contributed by atoms with E-state index in [-0.39, 0.29) is 5.56 Å². The van der Waals surface area contributed by atoms with Gasteiger partial charge >= 0.3 is 11.9 Å². The lowest BCUT2D eigenvalue weighted by Gasteiger charge is -2.24. The number of carboxylic acids is 2. The van der Waals surface area contributed by atoms with Gasteiger partial charge in [0.15, 0.2) is 5.75 Å². The van der Waals surface area contributed by atoms with Gasteiger partial charge < -0.3 is 25.2 Å². The van der Waals surface area contributed by atoms with Crippen LogP contribution in [-0.4, -0.2) is 59.2 Å². The molecule has 1 aromatic rings. The largest absolute Gasteiger partial charge is 0.489 e. The molecule has 0 bridgehead atoms. The minimum absolute atomic E-state index is 0.141. The first-order chi connectivity index (χ1) is 9.99. The number of aliphatic carboxylic acids is 2. The van der Waals surface area contributed by atoms with E-state index < -0.39 is 30.9 Å². The number of carbonyl (C=O) groups excluding carboxylic acids is 1. The fourth-order valence-electron chi connectivity index (χ4n) is 2.04. The Bertz CT molecular complexity index is 570. The summed E-state index contributed by atoms with van der Waals surface area (Å²) in [5.74, 6) is -2.95. The first kappa shape index (κ1) is 14.6. The molecule has 2 rings (SSSR count). The predicted octanol–water partition coefficient (Wildman–Crippen LogP) is 0.102. The maximum atomic E-state index is 12.4. The summed E-state index contributed by atoms with van der Waals surface area (Å²) in [7, 11) is 0. The van der Waals surface area contributed by atoms with Crippen LogP contribution in [0.5, 0.6) is 5.75 Å². The monoisotopic (exact) mass is 294 g/mol. The van der Waals surface area contributed by atoms with Crippen LogP contribution in [-0.2, 0) is 9.59 Å². The molecule has 8 nitrogen and oxygen atoms in total. The molecule has 0 saturated carbocycles. The van der Waals surface area contributed by atoms with Crippen LogP contribution in [0.15, 0.2) is 18.2 Å². The molecule has 1 aliphatic heterocycles. The van der Waals surface area contributed by atoms with Gasteiger partial charge in [0, 0.05) is 6.54 Å². The number of hydrogen-bond acceptors (Lipinski definition) is 5. The molecular weight excluding hydrogens is 280 g/mol. The zero-order valence-electron chi connectivity index (χ0n) is 11.0. The van der Waals surface area contributed by atoms with Crippen LogP contribution in [0.4, 0.5) is 5.69 Å². The van der Waals surface area contributed by atoms with Crippen LogP contribution in [0.3, 0.4) is 0 Å². The van der Waals surface area contributed by atoms with Crippen molar-refractivity contribution in [3.8, 4) is 5.75 Å². The number of ether oxygens (including phenoxy) is 1. The lowest BCUT2D eigenvalue weighted by molar-refractivity contribution is -0.140. The maximum absolute atomic E-state index is 12.4. The fraction of sp³-hybridized carbons (Fsp3) is 0.308. The van der Waals surface area contributed by atoms with Crippen molar-refractivity contribution in [3.05, 3.63) is 23.8 Å². The Labute approximate surface area is 119 Å². The highest BCUT2D eigenvalue weighted by atomic mass is 16.5. The third kappa shape index (κ3) is 3.41. The number of para-hydroxylation sites is 1. The molecule has 1 amide bonds. The van der Waals surface area contributed by atoms with Gasteiger partial charge in [-0.15, -0.1) is 0 Å². The normalized spacial score (nSPS) is 12.6. The third-order valence-electron chi connectivity index (χ3n) is 2.85. The molecule has 0 saturated heterocycles. The minimum Gasteiger partial charge on any atom is -0.489 e. The minimum atomic E-state index is -1.28. The number of nitrogens with one attached hydrogen (secondary N) is 1. The molecule has 0 radical (unpaired) electrons. The Hall–Kier alpha value is -2.77. The van der Waals surface area contributed by atoms with E-state index in [0.29, 0.717) is 24.6 Å². The van der Waals surface area contributed by atoms with Crippen molar-refractivity contribution < 1.29 is 29.3 Å². The van der Waals surface area contributed by atoms with Crippen molar-refractivity contribution in [2.24, 2.45) is 0 Å². The third-order valence-corrected chi connectivity index (χ3v) is 2.85. The molecule has 0 atom stereocenters. The molecule has 1 heterocycles. The summed E-state index contributed by atoms with van der Waals surface area (Å²) in [4.78, 5) is 34.7. The molecule has 1 aliphatic rings. The van der Waals surface area contributed by atoms with E-state index in [4.69, 9.17) is 14.9 Å². The highest BCUT2D eigenvalue weighted by Gasteiger charge is 2.26. The van der Waals surface area contributed by atoms with Gasteiger partial charge in [-0.25, -0.2) is 0 Å². The van der Waals surface area contributed by atoms with E-state index in [9.17, 15) is 14.4 Å². The second kappa shape index (κ2) is 6.12. The maximum Gasteiger partial charge on any atom is 0.323 e. The standard InChI is InChI=1S/C13H14N2O6/c16-10(17)6-15(7-11(18)19)13(20)8-2-1-3-9-12(8)21-5-4-14-9/h1-3,14H,4-7H2,(H,16,17)(H,18,19). The highest BCUT2D eigenvalue weighted by Crippen LogP contribution is 2.31. The number of carbonyl (C=O) groups is 3. The van der Waals surface area contributed by atoms with Gasteiger partial charge in [-0.1, -0.05) is 6.07 Å². The second-order valence-corrected chi connectivity index (χ2v) is 4.41. The second-order valence-electron chi connectivity index (χ2n) is 4.41. The van der Waals surface area contributed by atoms with Crippen LogP contribution in [0.1, 0.15) is 10.4 Å². The highest BCUT2D eigenvalue weighted by molar-refractivity contribution is 6.01. The van der Waals surface area contributed by atoms with Crippen molar-refractivity contribution in [1.29, 1.82) is 0 Å². The molecule has 112 valence electrons. The first-order valence-electron chi connectivity index (χ1n) is 6.21. The molecule has 0 aliphatic carbocycles. The summed E-state index contributed by atoms with van der Waals surface area (Å²) in [6, 6.07) is 4.82. The molecule has 3 N–H and O–H groups in total. The molecule has 0 unspecified atom stereocenters. The van der Waals surface area contributed by atoms with Crippen LogP contribution in [0, 0.1) is 0 Å². The van der Waals surface area contributed by atoms with Crippen LogP contribution >= 0.6 is 0 Å². The Morgan fingerprint density at radius 1 is 1.19 bits per heavy atom. The summed E-state index contributed by atoms with van der Waals surface area (Å²) in [6.07, 6.45) is 0. The summed E-state index contributed by atoms with van der Waals surface area (Å²) < 4.78 is 5.43. The molecule has 0 fully saturated rings. The van der Waals surface area contributed by atoms with Gasteiger partial charge in [-0.3, -0.25) is 14.4 Å². The van der Waals surface area contributed by atoms with Gasteiger partial charge in [0.05, 0.1) is 11.3 Å². The summed E-state index contributed by atoms with van der Waals surface area (Å²) in [5, 5.41) is 20.7. The predicted molar refractivity (Wildman–Crippen MR) is 71.6 cm³/mol. The van der Waals surface area contributed by atoms with Crippen LogP contribution < -0.4 is 10.1 Å². The van der Waals surface area contributed by atoms with Gasteiger partial charge in [0.2, 0.25) is 0 Å². The van der Waals surface area contributed by atoms with E-state index in [1.165, 1.54) is 6.07 Å². The van der Waals surface area contributed by atoms with Gasteiger partial charge in [0.1, 0.15) is 19.7 Å². The van der Waals surface area contributed by atoms with Gasteiger partial charge in [-0.05, 0) is 12.1 Å². The Kier molecular flexibility index (Phi) is 4.27. The lowest BCUT2D eigenvalue weighted by atomic mass is 10.1. The number of nitrogens with zero attached hydrogens (tertiary/aromatic N) is 1. The first-order valence-corrected chi connectivity index (χ1v) is 6.21.